The van der Waals surface area contributed by atoms with Crippen LogP contribution >= 0.6 is 10.7 Å². The number of carbonyl (C=O) groups is 1. The second-order valence-electron chi connectivity index (χ2n) is 5.17. The topological polar surface area (TPSA) is 63.7 Å². The molecule has 7 heteroatoms. The normalized spacial score (nSPS) is 22.4. The molecule has 0 aromatic carbocycles. The summed E-state index contributed by atoms with van der Waals surface area (Å²) in [6, 6.07) is 0. The molecule has 100 valence electrons. The zero-order chi connectivity index (χ0) is 13.3. The van der Waals surface area contributed by atoms with Crippen LogP contribution in [-0.4, -0.2) is 43.4 Å². The maximum absolute atomic E-state index is 11.8. The van der Waals surface area contributed by atoms with Gasteiger partial charge in [0.2, 0.25) is 9.05 Å². The van der Waals surface area contributed by atoms with E-state index in [2.05, 4.69) is 0 Å². The Hall–Kier alpha value is -0.490. The van der Waals surface area contributed by atoms with Crippen molar-refractivity contribution in [2.75, 3.05) is 13.1 Å². The molecule has 1 unspecified atom stereocenters. The van der Waals surface area contributed by atoms with Crippen molar-refractivity contribution in [3.05, 3.63) is 0 Å². The molecule has 0 aliphatic carbocycles. The molecule has 0 aromatic heterocycles. The van der Waals surface area contributed by atoms with Crippen LogP contribution in [0.4, 0.5) is 4.79 Å². The number of likely N-dealkylation sites (tertiary alicyclic amines) is 1. The Balaban J connectivity index is 2.64. The Morgan fingerprint density at radius 2 is 2.00 bits per heavy atom. The molecule has 0 saturated carbocycles. The van der Waals surface area contributed by atoms with E-state index in [1.807, 2.05) is 0 Å². The van der Waals surface area contributed by atoms with Gasteiger partial charge in [0.05, 0.1) is 5.25 Å². The first kappa shape index (κ1) is 14.6. The molecule has 1 aliphatic heterocycles. The van der Waals surface area contributed by atoms with Gasteiger partial charge in [-0.2, -0.15) is 0 Å². The highest BCUT2D eigenvalue weighted by atomic mass is 35.7. The summed E-state index contributed by atoms with van der Waals surface area (Å²) in [6.07, 6.45) is 0.628. The van der Waals surface area contributed by atoms with Gasteiger partial charge >= 0.3 is 6.09 Å². The number of rotatable bonds is 1. The van der Waals surface area contributed by atoms with Gasteiger partial charge in [-0.15, -0.1) is 0 Å². The van der Waals surface area contributed by atoms with E-state index in [9.17, 15) is 13.2 Å². The van der Waals surface area contributed by atoms with E-state index in [1.54, 1.807) is 20.8 Å². The van der Waals surface area contributed by atoms with Crippen LogP contribution in [0, 0.1) is 0 Å². The molecule has 17 heavy (non-hydrogen) atoms. The molecule has 0 radical (unpaired) electrons. The molecular formula is C10H18ClNO4S. The Labute approximate surface area is 106 Å². The summed E-state index contributed by atoms with van der Waals surface area (Å²) in [7, 11) is 1.70. The Morgan fingerprint density at radius 1 is 1.41 bits per heavy atom. The van der Waals surface area contributed by atoms with E-state index in [1.165, 1.54) is 4.90 Å². The number of ether oxygens (including phenoxy) is 1. The first-order valence-electron chi connectivity index (χ1n) is 5.51. The van der Waals surface area contributed by atoms with Crippen molar-refractivity contribution in [3.8, 4) is 0 Å². The predicted octanol–water partition coefficient (Wildman–Crippen LogP) is 1.95. The van der Waals surface area contributed by atoms with Crippen molar-refractivity contribution < 1.29 is 17.9 Å². The second kappa shape index (κ2) is 5.02. The number of hydrogen-bond donors (Lipinski definition) is 0. The number of carbonyl (C=O) groups excluding carboxylic acids is 1. The molecule has 0 bridgehead atoms. The fourth-order valence-corrected chi connectivity index (χ4v) is 2.90. The Kier molecular flexibility index (Phi) is 4.30. The molecule has 1 fully saturated rings. The summed E-state index contributed by atoms with van der Waals surface area (Å²) in [5.74, 6) is 0. The summed E-state index contributed by atoms with van der Waals surface area (Å²) >= 11 is 0. The first-order chi connectivity index (χ1) is 7.59. The van der Waals surface area contributed by atoms with Crippen molar-refractivity contribution >= 4 is 25.8 Å². The van der Waals surface area contributed by atoms with Gasteiger partial charge in [-0.25, -0.2) is 13.2 Å². The number of piperidine rings is 1. The minimum Gasteiger partial charge on any atom is -0.444 e. The second-order valence-corrected chi connectivity index (χ2v) is 8.07. The summed E-state index contributed by atoms with van der Waals surface area (Å²) in [6.45, 7) is 5.93. The van der Waals surface area contributed by atoms with E-state index in [4.69, 9.17) is 15.4 Å². The molecule has 1 amide bonds. The fraction of sp³-hybridized carbons (Fsp3) is 0.900. The van der Waals surface area contributed by atoms with Gasteiger partial charge in [-0.3, -0.25) is 0 Å². The van der Waals surface area contributed by atoms with Crippen molar-refractivity contribution in [1.29, 1.82) is 0 Å². The van der Waals surface area contributed by atoms with Crippen LogP contribution in [0.1, 0.15) is 33.6 Å². The average molecular weight is 284 g/mol. The van der Waals surface area contributed by atoms with Gasteiger partial charge in [-0.1, -0.05) is 0 Å². The summed E-state index contributed by atoms with van der Waals surface area (Å²) < 4.78 is 27.6. The third kappa shape index (κ3) is 4.71. The van der Waals surface area contributed by atoms with E-state index < -0.39 is 26.0 Å². The van der Waals surface area contributed by atoms with Gasteiger partial charge in [0, 0.05) is 23.8 Å². The van der Waals surface area contributed by atoms with Crippen molar-refractivity contribution in [3.63, 3.8) is 0 Å². The number of amides is 1. The van der Waals surface area contributed by atoms with E-state index in [0.717, 1.165) is 0 Å². The quantitative estimate of drug-likeness (QED) is 0.690. The third-order valence-corrected chi connectivity index (χ3v) is 4.37. The minimum absolute atomic E-state index is 0.112. The predicted molar refractivity (Wildman–Crippen MR) is 65.6 cm³/mol. The minimum atomic E-state index is -3.61. The van der Waals surface area contributed by atoms with Crippen LogP contribution in [0.5, 0.6) is 0 Å². The van der Waals surface area contributed by atoms with Crippen molar-refractivity contribution in [2.24, 2.45) is 0 Å². The molecule has 0 spiro atoms. The van der Waals surface area contributed by atoms with Gasteiger partial charge in [0.15, 0.2) is 0 Å². The highest BCUT2D eigenvalue weighted by Crippen LogP contribution is 2.21. The van der Waals surface area contributed by atoms with Crippen LogP contribution in [0.15, 0.2) is 0 Å². The lowest BCUT2D eigenvalue weighted by atomic mass is 10.1. The van der Waals surface area contributed by atoms with Crippen molar-refractivity contribution in [2.45, 2.75) is 44.5 Å². The van der Waals surface area contributed by atoms with Gasteiger partial charge in [0.1, 0.15) is 5.60 Å². The SMILES string of the molecule is CC(C)(C)OC(=O)N1CCCC(S(=O)(=O)Cl)C1. The summed E-state index contributed by atoms with van der Waals surface area (Å²) in [5.41, 5.74) is -0.579. The largest absolute Gasteiger partial charge is 0.444 e. The highest BCUT2D eigenvalue weighted by Gasteiger charge is 2.33. The van der Waals surface area contributed by atoms with Gasteiger partial charge < -0.3 is 9.64 Å². The molecule has 1 aliphatic rings. The maximum atomic E-state index is 11.8. The Morgan fingerprint density at radius 3 is 2.47 bits per heavy atom. The van der Waals surface area contributed by atoms with Crippen LogP contribution < -0.4 is 0 Å². The molecule has 1 rings (SSSR count). The molecule has 1 heterocycles. The average Bonchev–Trinajstić information content (AvgIpc) is 2.14. The summed E-state index contributed by atoms with van der Waals surface area (Å²) in [5, 5.41) is -0.689. The lowest BCUT2D eigenvalue weighted by Gasteiger charge is -2.32. The van der Waals surface area contributed by atoms with Crippen LogP contribution in [0.2, 0.25) is 0 Å². The van der Waals surface area contributed by atoms with Crippen LogP contribution in [0.25, 0.3) is 0 Å². The monoisotopic (exact) mass is 283 g/mol. The maximum Gasteiger partial charge on any atom is 0.410 e. The van der Waals surface area contributed by atoms with Crippen molar-refractivity contribution in [1.82, 2.24) is 4.90 Å². The standard InChI is InChI=1S/C10H18ClNO4S/c1-10(2,3)16-9(13)12-6-4-5-8(7-12)17(11,14)15/h8H,4-7H2,1-3H3. The van der Waals surface area contributed by atoms with E-state index in [-0.39, 0.29) is 6.54 Å². The third-order valence-electron chi connectivity index (χ3n) is 2.43. The Bertz CT molecular complexity index is 388. The number of halogens is 1. The zero-order valence-electron chi connectivity index (χ0n) is 10.3. The molecule has 1 atom stereocenters. The fourth-order valence-electron chi connectivity index (χ4n) is 1.66. The number of hydrogen-bond acceptors (Lipinski definition) is 4. The summed E-state index contributed by atoms with van der Waals surface area (Å²) in [4.78, 5) is 13.2. The molecule has 0 N–H and O–H groups in total. The molecule has 0 aromatic rings. The lowest BCUT2D eigenvalue weighted by molar-refractivity contribution is 0.0219. The van der Waals surface area contributed by atoms with E-state index >= 15 is 0 Å². The lowest BCUT2D eigenvalue weighted by Crippen LogP contribution is -2.46. The van der Waals surface area contributed by atoms with Crippen LogP contribution in [0.3, 0.4) is 0 Å². The molecule has 5 nitrogen and oxygen atoms in total. The van der Waals surface area contributed by atoms with Crippen LogP contribution in [-0.2, 0) is 13.8 Å². The van der Waals surface area contributed by atoms with E-state index in [0.29, 0.717) is 19.4 Å². The molecule has 1 saturated heterocycles. The van der Waals surface area contributed by atoms with Gasteiger partial charge in [0.25, 0.3) is 0 Å². The first-order valence-corrected chi connectivity index (χ1v) is 7.88. The number of nitrogens with zero attached hydrogens (tertiary/aromatic N) is 1. The highest BCUT2D eigenvalue weighted by molar-refractivity contribution is 8.14. The smallest absolute Gasteiger partial charge is 0.410 e. The zero-order valence-corrected chi connectivity index (χ0v) is 11.8. The van der Waals surface area contributed by atoms with Gasteiger partial charge in [-0.05, 0) is 33.6 Å². The molecular weight excluding hydrogens is 266 g/mol.